The minimum atomic E-state index is -3.41. The normalized spacial score (nSPS) is 14.8. The van der Waals surface area contributed by atoms with Crippen molar-refractivity contribution in [2.75, 3.05) is 10.8 Å². The first-order chi connectivity index (χ1) is 8.59. The van der Waals surface area contributed by atoms with Crippen molar-refractivity contribution >= 4 is 43.0 Å². The summed E-state index contributed by atoms with van der Waals surface area (Å²) >= 11 is 4.54. The third-order valence-corrected chi connectivity index (χ3v) is 6.84. The Morgan fingerprint density at radius 1 is 1.17 bits per heavy atom. The van der Waals surface area contributed by atoms with E-state index in [-0.39, 0.29) is 0 Å². The largest absolute Gasteiger partial charge is 0.273 e. The van der Waals surface area contributed by atoms with Crippen molar-refractivity contribution in [3.63, 3.8) is 0 Å². The zero-order valence-electron chi connectivity index (χ0n) is 9.34. The maximum absolute atomic E-state index is 12.5. The summed E-state index contributed by atoms with van der Waals surface area (Å²) < 4.78 is 27.8. The summed E-state index contributed by atoms with van der Waals surface area (Å²) in [7, 11) is -3.41. The van der Waals surface area contributed by atoms with Crippen LogP contribution in [0.1, 0.15) is 5.56 Å². The summed E-state index contributed by atoms with van der Waals surface area (Å²) in [5.41, 5.74) is 1.90. The van der Waals surface area contributed by atoms with Gasteiger partial charge in [0.25, 0.3) is 10.0 Å². The molecule has 2 aromatic rings. The molecule has 1 aliphatic rings. The van der Waals surface area contributed by atoms with Crippen molar-refractivity contribution in [1.29, 1.82) is 0 Å². The maximum atomic E-state index is 12.5. The zero-order chi connectivity index (χ0) is 12.8. The fourth-order valence-electron chi connectivity index (χ4n) is 2.10. The molecule has 0 bridgehead atoms. The summed E-state index contributed by atoms with van der Waals surface area (Å²) in [4.78, 5) is 0. The lowest BCUT2D eigenvalue weighted by atomic mass is 10.2. The summed E-state index contributed by atoms with van der Waals surface area (Å²) in [6.07, 6.45) is 0.780. The fourth-order valence-corrected chi connectivity index (χ4v) is 5.73. The molecule has 18 heavy (non-hydrogen) atoms. The number of anilines is 1. The van der Waals surface area contributed by atoms with E-state index in [0.29, 0.717) is 10.8 Å². The Balaban J connectivity index is 2.07. The first kappa shape index (κ1) is 12.2. The third-order valence-electron chi connectivity index (χ3n) is 2.94. The van der Waals surface area contributed by atoms with E-state index < -0.39 is 10.0 Å². The molecule has 0 saturated carbocycles. The highest BCUT2D eigenvalue weighted by Gasteiger charge is 2.31. The second kappa shape index (κ2) is 4.36. The minimum absolute atomic E-state index is 0.381. The fraction of sp³-hybridized carbons (Fsp3) is 0.167. The van der Waals surface area contributed by atoms with Gasteiger partial charge in [-0.1, -0.05) is 18.2 Å². The number of hydrogen-bond donors (Lipinski definition) is 0. The molecule has 6 heteroatoms. The van der Waals surface area contributed by atoms with Crippen molar-refractivity contribution in [3.05, 3.63) is 45.7 Å². The molecule has 2 heterocycles. The number of para-hydroxylation sites is 1. The lowest BCUT2D eigenvalue weighted by Gasteiger charge is -2.18. The van der Waals surface area contributed by atoms with Crippen LogP contribution in [0.4, 0.5) is 5.69 Å². The predicted molar refractivity (Wildman–Crippen MR) is 76.7 cm³/mol. The number of hydrogen-bond acceptors (Lipinski definition) is 3. The van der Waals surface area contributed by atoms with Gasteiger partial charge in [0, 0.05) is 6.54 Å². The van der Waals surface area contributed by atoms with Gasteiger partial charge in [0.15, 0.2) is 0 Å². The first-order valence-corrected chi connectivity index (χ1v) is 8.50. The molecule has 94 valence electrons. The number of halogens is 1. The second-order valence-corrected chi connectivity index (χ2v) is 8.57. The van der Waals surface area contributed by atoms with E-state index in [4.69, 9.17) is 0 Å². The van der Waals surface area contributed by atoms with Crippen LogP contribution in [0.2, 0.25) is 0 Å². The topological polar surface area (TPSA) is 37.4 Å². The van der Waals surface area contributed by atoms with Crippen LogP contribution < -0.4 is 4.31 Å². The molecule has 0 atom stereocenters. The van der Waals surface area contributed by atoms with Crippen LogP contribution >= 0.6 is 27.3 Å². The van der Waals surface area contributed by atoms with Gasteiger partial charge in [0.2, 0.25) is 0 Å². The van der Waals surface area contributed by atoms with Gasteiger partial charge in [-0.05, 0) is 46.1 Å². The highest BCUT2D eigenvalue weighted by atomic mass is 79.9. The SMILES string of the molecule is O=S(=O)(c1ccc(Br)s1)N1CCc2ccccc21. The van der Waals surface area contributed by atoms with Gasteiger partial charge in [0.05, 0.1) is 9.47 Å². The monoisotopic (exact) mass is 343 g/mol. The van der Waals surface area contributed by atoms with Crippen LogP contribution in [0, 0.1) is 0 Å². The smallest absolute Gasteiger partial charge is 0.265 e. The van der Waals surface area contributed by atoms with Crippen LogP contribution in [-0.2, 0) is 16.4 Å². The highest BCUT2D eigenvalue weighted by molar-refractivity contribution is 9.11. The molecule has 1 aromatic heterocycles. The average Bonchev–Trinajstić information content (AvgIpc) is 2.95. The molecular formula is C12H10BrNO2S2. The quantitative estimate of drug-likeness (QED) is 0.839. The van der Waals surface area contributed by atoms with Crippen LogP contribution in [-0.4, -0.2) is 15.0 Å². The maximum Gasteiger partial charge on any atom is 0.273 e. The Morgan fingerprint density at radius 2 is 1.94 bits per heavy atom. The number of nitrogens with zero attached hydrogens (tertiary/aromatic N) is 1. The van der Waals surface area contributed by atoms with Gasteiger partial charge in [-0.2, -0.15) is 0 Å². The lowest BCUT2D eigenvalue weighted by Crippen LogP contribution is -2.28. The van der Waals surface area contributed by atoms with Crippen molar-refractivity contribution in [3.8, 4) is 0 Å². The van der Waals surface area contributed by atoms with Crippen LogP contribution in [0.15, 0.2) is 44.4 Å². The van der Waals surface area contributed by atoms with Gasteiger partial charge in [-0.25, -0.2) is 8.42 Å². The van der Waals surface area contributed by atoms with E-state index >= 15 is 0 Å². The molecule has 0 amide bonds. The Morgan fingerprint density at radius 3 is 2.67 bits per heavy atom. The molecular weight excluding hydrogens is 334 g/mol. The molecule has 0 spiro atoms. The molecule has 1 aliphatic heterocycles. The average molecular weight is 344 g/mol. The Labute approximate surface area is 118 Å². The molecule has 0 aliphatic carbocycles. The molecule has 0 unspecified atom stereocenters. The van der Waals surface area contributed by atoms with Gasteiger partial charge >= 0.3 is 0 Å². The summed E-state index contributed by atoms with van der Waals surface area (Å²) in [5, 5.41) is 0. The van der Waals surface area contributed by atoms with Crippen molar-refractivity contribution < 1.29 is 8.42 Å². The first-order valence-electron chi connectivity index (χ1n) is 5.45. The summed E-state index contributed by atoms with van der Waals surface area (Å²) in [6, 6.07) is 11.1. The van der Waals surface area contributed by atoms with Crippen molar-refractivity contribution in [2.45, 2.75) is 10.6 Å². The van der Waals surface area contributed by atoms with E-state index in [1.54, 1.807) is 12.1 Å². The van der Waals surface area contributed by atoms with Crippen LogP contribution in [0.3, 0.4) is 0 Å². The molecule has 1 aromatic carbocycles. The second-order valence-electron chi connectivity index (χ2n) is 4.01. The summed E-state index contributed by atoms with van der Waals surface area (Å²) in [6.45, 7) is 0.525. The Kier molecular flexibility index (Phi) is 2.96. The number of thiophene rings is 1. The van der Waals surface area contributed by atoms with E-state index in [2.05, 4.69) is 15.9 Å². The van der Waals surface area contributed by atoms with Gasteiger partial charge in [-0.3, -0.25) is 4.31 Å². The van der Waals surface area contributed by atoms with Gasteiger partial charge < -0.3 is 0 Å². The molecule has 0 radical (unpaired) electrons. The van der Waals surface area contributed by atoms with Gasteiger partial charge in [0.1, 0.15) is 4.21 Å². The van der Waals surface area contributed by atoms with Crippen LogP contribution in [0.5, 0.6) is 0 Å². The lowest BCUT2D eigenvalue weighted by molar-refractivity contribution is 0.594. The van der Waals surface area contributed by atoms with E-state index in [0.717, 1.165) is 21.5 Å². The molecule has 0 fully saturated rings. The van der Waals surface area contributed by atoms with Crippen molar-refractivity contribution in [1.82, 2.24) is 0 Å². The number of benzene rings is 1. The Bertz CT molecular complexity index is 694. The highest BCUT2D eigenvalue weighted by Crippen LogP contribution is 2.35. The summed E-state index contributed by atoms with van der Waals surface area (Å²) in [5.74, 6) is 0. The Hall–Kier alpha value is -0.850. The number of rotatable bonds is 2. The zero-order valence-corrected chi connectivity index (χ0v) is 12.6. The van der Waals surface area contributed by atoms with E-state index in [1.807, 2.05) is 24.3 Å². The van der Waals surface area contributed by atoms with Gasteiger partial charge in [-0.15, -0.1) is 11.3 Å². The minimum Gasteiger partial charge on any atom is -0.265 e. The van der Waals surface area contributed by atoms with Crippen LogP contribution in [0.25, 0.3) is 0 Å². The third kappa shape index (κ3) is 1.88. The molecule has 0 N–H and O–H groups in total. The van der Waals surface area contributed by atoms with Crippen molar-refractivity contribution in [2.24, 2.45) is 0 Å². The van der Waals surface area contributed by atoms with E-state index in [1.165, 1.54) is 15.6 Å². The predicted octanol–water partition coefficient (Wildman–Crippen LogP) is 3.26. The number of fused-ring (bicyclic) bond motifs is 1. The van der Waals surface area contributed by atoms with E-state index in [9.17, 15) is 8.42 Å². The molecule has 3 nitrogen and oxygen atoms in total. The molecule has 3 rings (SSSR count). The molecule has 0 saturated heterocycles. The standard InChI is InChI=1S/C12H10BrNO2S2/c13-11-5-6-12(17-11)18(15,16)14-8-7-9-3-1-2-4-10(9)14/h1-6H,7-8H2. The number of sulfonamides is 1.